The van der Waals surface area contributed by atoms with Gasteiger partial charge in [0.1, 0.15) is 4.90 Å². The number of sulfonamides is 1. The number of rotatable bonds is 4. The third-order valence-corrected chi connectivity index (χ3v) is 4.38. The van der Waals surface area contributed by atoms with Crippen molar-refractivity contribution in [1.82, 2.24) is 9.78 Å². The molecule has 0 radical (unpaired) electrons. The molecule has 1 heterocycles. The summed E-state index contributed by atoms with van der Waals surface area (Å²) in [6.07, 6.45) is -2.44. The van der Waals surface area contributed by atoms with E-state index in [9.17, 15) is 21.6 Å². The van der Waals surface area contributed by atoms with Crippen molar-refractivity contribution in [2.75, 3.05) is 23.7 Å². The minimum absolute atomic E-state index is 0.218. The SMILES string of the molecule is CN(C)c1ccc(NS(=O)(=O)c2cnn(C)c2)c(C(F)(F)F)c1. The molecule has 0 saturated heterocycles. The van der Waals surface area contributed by atoms with Crippen molar-refractivity contribution in [3.63, 3.8) is 0 Å². The van der Waals surface area contributed by atoms with Gasteiger partial charge >= 0.3 is 6.18 Å². The van der Waals surface area contributed by atoms with Gasteiger partial charge in [-0.15, -0.1) is 0 Å². The molecule has 0 fully saturated rings. The topological polar surface area (TPSA) is 67.2 Å². The van der Waals surface area contributed by atoms with Gasteiger partial charge in [-0.2, -0.15) is 18.3 Å². The Labute approximate surface area is 131 Å². The lowest BCUT2D eigenvalue weighted by atomic mass is 10.1. The van der Waals surface area contributed by atoms with E-state index in [1.54, 1.807) is 14.1 Å². The fourth-order valence-electron chi connectivity index (χ4n) is 1.88. The highest BCUT2D eigenvalue weighted by Crippen LogP contribution is 2.37. The van der Waals surface area contributed by atoms with Gasteiger partial charge < -0.3 is 4.90 Å². The Morgan fingerprint density at radius 2 is 1.91 bits per heavy atom. The molecule has 1 N–H and O–H groups in total. The van der Waals surface area contributed by atoms with Crippen molar-refractivity contribution >= 4 is 21.4 Å². The van der Waals surface area contributed by atoms with E-state index in [2.05, 4.69) is 5.10 Å². The van der Waals surface area contributed by atoms with Crippen LogP contribution in [-0.2, 0) is 23.2 Å². The average molecular weight is 348 g/mol. The van der Waals surface area contributed by atoms with Crippen LogP contribution >= 0.6 is 0 Å². The van der Waals surface area contributed by atoms with Crippen molar-refractivity contribution < 1.29 is 21.6 Å². The number of alkyl halides is 3. The quantitative estimate of drug-likeness (QED) is 0.921. The van der Waals surface area contributed by atoms with Crippen molar-refractivity contribution in [2.24, 2.45) is 7.05 Å². The number of hydrogen-bond acceptors (Lipinski definition) is 4. The maximum Gasteiger partial charge on any atom is 0.418 e. The lowest BCUT2D eigenvalue weighted by molar-refractivity contribution is -0.136. The summed E-state index contributed by atoms with van der Waals surface area (Å²) >= 11 is 0. The van der Waals surface area contributed by atoms with E-state index in [0.717, 1.165) is 18.3 Å². The van der Waals surface area contributed by atoms with Crippen LogP contribution in [0.25, 0.3) is 0 Å². The molecule has 2 aromatic rings. The predicted octanol–water partition coefficient (Wildman–Crippen LogP) is 2.31. The summed E-state index contributed by atoms with van der Waals surface area (Å²) in [4.78, 5) is 1.28. The summed E-state index contributed by atoms with van der Waals surface area (Å²) in [6.45, 7) is 0. The Hall–Kier alpha value is -2.23. The lowest BCUT2D eigenvalue weighted by Crippen LogP contribution is -2.18. The minimum atomic E-state index is -4.70. The summed E-state index contributed by atoms with van der Waals surface area (Å²) in [6, 6.07) is 3.38. The van der Waals surface area contributed by atoms with E-state index < -0.39 is 27.5 Å². The second kappa shape index (κ2) is 5.76. The summed E-state index contributed by atoms with van der Waals surface area (Å²) in [5, 5.41) is 3.70. The van der Waals surface area contributed by atoms with Gasteiger partial charge in [-0.05, 0) is 18.2 Å². The van der Waals surface area contributed by atoms with Crippen molar-refractivity contribution in [1.29, 1.82) is 0 Å². The zero-order valence-electron chi connectivity index (χ0n) is 12.6. The third-order valence-electron chi connectivity index (χ3n) is 3.06. The normalized spacial score (nSPS) is 12.3. The molecule has 126 valence electrons. The Bertz CT molecular complexity index is 813. The average Bonchev–Trinajstić information content (AvgIpc) is 2.84. The molecule has 23 heavy (non-hydrogen) atoms. The van der Waals surface area contributed by atoms with E-state index in [1.165, 1.54) is 28.9 Å². The maximum absolute atomic E-state index is 13.2. The molecule has 0 spiro atoms. The number of nitrogens with zero attached hydrogens (tertiary/aromatic N) is 3. The number of hydrogen-bond donors (Lipinski definition) is 1. The van der Waals surface area contributed by atoms with Gasteiger partial charge in [0.15, 0.2) is 0 Å². The fraction of sp³-hybridized carbons (Fsp3) is 0.308. The molecule has 0 unspecified atom stereocenters. The summed E-state index contributed by atoms with van der Waals surface area (Å²) in [5.41, 5.74) is -1.29. The van der Waals surface area contributed by atoms with Crippen molar-refractivity contribution in [2.45, 2.75) is 11.1 Å². The van der Waals surface area contributed by atoms with Crippen LogP contribution in [0.4, 0.5) is 24.5 Å². The zero-order valence-corrected chi connectivity index (χ0v) is 13.4. The van der Waals surface area contributed by atoms with Crippen LogP contribution in [-0.4, -0.2) is 32.3 Å². The number of nitrogens with one attached hydrogen (secondary N) is 1. The van der Waals surface area contributed by atoms with Crippen LogP contribution in [0, 0.1) is 0 Å². The largest absolute Gasteiger partial charge is 0.418 e. The Morgan fingerprint density at radius 3 is 2.39 bits per heavy atom. The highest BCUT2D eigenvalue weighted by molar-refractivity contribution is 7.92. The lowest BCUT2D eigenvalue weighted by Gasteiger charge is -2.19. The molecule has 1 aromatic heterocycles. The van der Waals surface area contributed by atoms with E-state index >= 15 is 0 Å². The molecular formula is C13H15F3N4O2S. The molecule has 0 aliphatic heterocycles. The standard InChI is InChI=1S/C13H15F3N4O2S/c1-19(2)9-4-5-12(11(6-9)13(14,15)16)18-23(21,22)10-7-17-20(3)8-10/h4-8,18H,1-3H3. The molecule has 0 saturated carbocycles. The Balaban J connectivity index is 2.47. The third kappa shape index (κ3) is 3.76. The van der Waals surface area contributed by atoms with Gasteiger partial charge in [0, 0.05) is 33.0 Å². The number of aromatic nitrogens is 2. The summed E-state index contributed by atoms with van der Waals surface area (Å²) in [5.74, 6) is 0. The highest BCUT2D eigenvalue weighted by Gasteiger charge is 2.35. The van der Waals surface area contributed by atoms with Gasteiger partial charge in [-0.25, -0.2) is 8.42 Å². The number of anilines is 2. The summed E-state index contributed by atoms with van der Waals surface area (Å²) < 4.78 is 67.2. The zero-order chi connectivity index (χ0) is 17.4. The Kier molecular flexibility index (Phi) is 4.29. The van der Waals surface area contributed by atoms with Gasteiger partial charge in [0.2, 0.25) is 0 Å². The van der Waals surface area contributed by atoms with Crippen LogP contribution in [0.1, 0.15) is 5.56 Å². The molecule has 0 aliphatic carbocycles. The maximum atomic E-state index is 13.2. The van der Waals surface area contributed by atoms with Gasteiger partial charge in [-0.1, -0.05) is 0 Å². The first kappa shape index (κ1) is 17.1. The molecule has 0 bridgehead atoms. The fourth-order valence-corrected chi connectivity index (χ4v) is 2.94. The van der Waals surface area contributed by atoms with Crippen molar-refractivity contribution in [3.05, 3.63) is 36.2 Å². The van der Waals surface area contributed by atoms with Crippen LogP contribution in [0.5, 0.6) is 0 Å². The molecule has 2 rings (SSSR count). The van der Waals surface area contributed by atoms with Crippen LogP contribution in [0.15, 0.2) is 35.5 Å². The molecule has 10 heteroatoms. The van der Waals surface area contributed by atoms with Crippen LogP contribution in [0.3, 0.4) is 0 Å². The van der Waals surface area contributed by atoms with E-state index in [0.29, 0.717) is 5.69 Å². The predicted molar refractivity (Wildman–Crippen MR) is 79.8 cm³/mol. The Morgan fingerprint density at radius 1 is 1.26 bits per heavy atom. The molecule has 0 amide bonds. The number of halogens is 3. The molecular weight excluding hydrogens is 333 g/mol. The molecule has 1 aromatic carbocycles. The van der Waals surface area contributed by atoms with E-state index in [4.69, 9.17) is 0 Å². The monoisotopic (exact) mass is 348 g/mol. The van der Waals surface area contributed by atoms with Crippen LogP contribution in [0.2, 0.25) is 0 Å². The number of benzene rings is 1. The molecule has 6 nitrogen and oxygen atoms in total. The molecule has 0 atom stereocenters. The summed E-state index contributed by atoms with van der Waals surface area (Å²) in [7, 11) is 0.535. The van der Waals surface area contributed by atoms with E-state index in [-0.39, 0.29) is 4.90 Å². The number of aryl methyl sites for hydroxylation is 1. The van der Waals surface area contributed by atoms with Gasteiger partial charge in [0.05, 0.1) is 17.4 Å². The van der Waals surface area contributed by atoms with Gasteiger partial charge in [0.25, 0.3) is 10.0 Å². The second-order valence-corrected chi connectivity index (χ2v) is 6.76. The smallest absolute Gasteiger partial charge is 0.378 e. The second-order valence-electron chi connectivity index (χ2n) is 5.08. The highest BCUT2D eigenvalue weighted by atomic mass is 32.2. The molecule has 0 aliphatic rings. The first-order valence-corrected chi connectivity index (χ1v) is 7.89. The van der Waals surface area contributed by atoms with Crippen LogP contribution < -0.4 is 9.62 Å². The minimum Gasteiger partial charge on any atom is -0.378 e. The van der Waals surface area contributed by atoms with E-state index in [1.807, 2.05) is 4.72 Å². The van der Waals surface area contributed by atoms with Crippen molar-refractivity contribution in [3.8, 4) is 0 Å². The first-order valence-electron chi connectivity index (χ1n) is 6.41. The van der Waals surface area contributed by atoms with Gasteiger partial charge in [-0.3, -0.25) is 9.40 Å². The first-order chi connectivity index (χ1) is 10.5.